The summed E-state index contributed by atoms with van der Waals surface area (Å²) >= 11 is 2.15. The standard InChI is InChI=1S/C26H24FN3O4S2/c1-26(2,3)14-6-4-13(5-7-14)18-19-20(23(33)29-22(19)32)35-24-21(18)36-25(34)30(24)12-17(31)28-16-10-8-15(27)9-11-16/h4-11,18-20H,12H2,1-3H3,(H,28,31)(H,29,32,33)/t18-,19+,20-/m0/s1. The van der Waals surface area contributed by atoms with Crippen LogP contribution in [0.15, 0.2) is 58.4 Å². The molecule has 0 unspecified atom stereocenters. The molecule has 5 rings (SSSR count). The number of carbonyl (C=O) groups excluding carboxylic acids is 3. The van der Waals surface area contributed by atoms with Gasteiger partial charge in [0.15, 0.2) is 0 Å². The van der Waals surface area contributed by atoms with Gasteiger partial charge in [0.2, 0.25) is 17.7 Å². The van der Waals surface area contributed by atoms with Crippen molar-refractivity contribution in [3.63, 3.8) is 0 Å². The number of aromatic nitrogens is 1. The smallest absolute Gasteiger partial charge is 0.308 e. The first kappa shape index (κ1) is 24.5. The highest BCUT2D eigenvalue weighted by atomic mass is 32.2. The molecule has 0 spiro atoms. The van der Waals surface area contributed by atoms with Gasteiger partial charge in [-0.15, -0.1) is 0 Å². The number of thioether (sulfide) groups is 1. The van der Waals surface area contributed by atoms with E-state index in [0.29, 0.717) is 15.6 Å². The van der Waals surface area contributed by atoms with Gasteiger partial charge in [-0.1, -0.05) is 68.1 Å². The fraction of sp³-hybridized carbons (Fsp3) is 0.308. The molecule has 1 saturated heterocycles. The number of benzene rings is 2. The number of thiazole rings is 1. The minimum absolute atomic E-state index is 0.0542. The molecule has 0 bridgehead atoms. The number of hydrogen-bond acceptors (Lipinski definition) is 6. The van der Waals surface area contributed by atoms with E-state index in [-0.39, 0.29) is 22.7 Å². The molecule has 2 aliphatic rings. The molecule has 7 nitrogen and oxygen atoms in total. The van der Waals surface area contributed by atoms with E-state index in [1.807, 2.05) is 24.3 Å². The van der Waals surface area contributed by atoms with Crippen LogP contribution >= 0.6 is 23.1 Å². The number of imide groups is 1. The van der Waals surface area contributed by atoms with Gasteiger partial charge in [0, 0.05) is 16.5 Å². The Hall–Kier alpha value is -3.24. The van der Waals surface area contributed by atoms with Gasteiger partial charge in [-0.2, -0.15) is 0 Å². The van der Waals surface area contributed by atoms with Crippen molar-refractivity contribution in [2.45, 2.75) is 48.9 Å². The van der Waals surface area contributed by atoms with Gasteiger partial charge in [-0.3, -0.25) is 29.1 Å². The van der Waals surface area contributed by atoms with Gasteiger partial charge in [-0.05, 0) is 40.8 Å². The van der Waals surface area contributed by atoms with Crippen molar-refractivity contribution >= 4 is 46.5 Å². The topological polar surface area (TPSA) is 97.3 Å². The van der Waals surface area contributed by atoms with E-state index < -0.39 is 34.7 Å². The van der Waals surface area contributed by atoms with Crippen molar-refractivity contribution in [3.05, 3.63) is 80.0 Å². The minimum Gasteiger partial charge on any atom is -0.325 e. The Morgan fingerprint density at radius 2 is 1.69 bits per heavy atom. The Labute approximate surface area is 215 Å². The van der Waals surface area contributed by atoms with Gasteiger partial charge < -0.3 is 5.32 Å². The maximum atomic E-state index is 13.2. The first-order chi connectivity index (χ1) is 17.0. The number of nitrogens with zero attached hydrogens (tertiary/aromatic N) is 1. The summed E-state index contributed by atoms with van der Waals surface area (Å²) in [5.41, 5.74) is 2.32. The van der Waals surface area contributed by atoms with E-state index in [4.69, 9.17) is 0 Å². The lowest BCUT2D eigenvalue weighted by Crippen LogP contribution is -2.32. The zero-order valence-electron chi connectivity index (χ0n) is 19.8. The highest BCUT2D eigenvalue weighted by Crippen LogP contribution is 2.51. The summed E-state index contributed by atoms with van der Waals surface area (Å²) in [6.07, 6.45) is 0. The molecule has 186 valence electrons. The summed E-state index contributed by atoms with van der Waals surface area (Å²) < 4.78 is 14.5. The van der Waals surface area contributed by atoms with Gasteiger partial charge in [0.1, 0.15) is 17.6 Å². The number of hydrogen-bond donors (Lipinski definition) is 2. The number of rotatable bonds is 4. The third-order valence-corrected chi connectivity index (χ3v) is 9.07. The number of fused-ring (bicyclic) bond motifs is 2. The van der Waals surface area contributed by atoms with Gasteiger partial charge in [-0.25, -0.2) is 4.39 Å². The number of halogens is 1. The largest absolute Gasteiger partial charge is 0.325 e. The second-order valence-electron chi connectivity index (χ2n) is 9.95. The van der Waals surface area contributed by atoms with E-state index in [9.17, 15) is 23.6 Å². The number of carbonyl (C=O) groups is 3. The quantitative estimate of drug-likeness (QED) is 0.504. The Balaban J connectivity index is 1.52. The molecule has 0 radical (unpaired) electrons. The van der Waals surface area contributed by atoms with E-state index >= 15 is 0 Å². The van der Waals surface area contributed by atoms with Crippen LogP contribution in [0.5, 0.6) is 0 Å². The maximum Gasteiger partial charge on any atom is 0.308 e. The van der Waals surface area contributed by atoms with Crippen LogP contribution in [0.3, 0.4) is 0 Å². The monoisotopic (exact) mass is 525 g/mol. The normalized spacial score (nSPS) is 21.1. The molecular weight excluding hydrogens is 501 g/mol. The summed E-state index contributed by atoms with van der Waals surface area (Å²) in [7, 11) is 0. The molecule has 3 amide bonds. The predicted molar refractivity (Wildman–Crippen MR) is 137 cm³/mol. The highest BCUT2D eigenvalue weighted by molar-refractivity contribution is 8.00. The molecular formula is C26H24FN3O4S2. The summed E-state index contributed by atoms with van der Waals surface area (Å²) in [5.74, 6) is -2.74. The van der Waals surface area contributed by atoms with Gasteiger partial charge in [0.05, 0.1) is 10.9 Å². The van der Waals surface area contributed by atoms with E-state index in [0.717, 1.165) is 34.2 Å². The Morgan fingerprint density at radius 1 is 1.03 bits per heavy atom. The molecule has 0 saturated carbocycles. The molecule has 2 aliphatic heterocycles. The Morgan fingerprint density at radius 3 is 2.33 bits per heavy atom. The molecule has 2 aromatic carbocycles. The second kappa shape index (κ2) is 9.01. The highest BCUT2D eigenvalue weighted by Gasteiger charge is 2.52. The van der Waals surface area contributed by atoms with Crippen LogP contribution in [-0.2, 0) is 26.3 Å². The number of anilines is 1. The van der Waals surface area contributed by atoms with Crippen molar-refractivity contribution in [2.24, 2.45) is 5.92 Å². The second-order valence-corrected chi connectivity index (χ2v) is 12.1. The predicted octanol–water partition coefficient (Wildman–Crippen LogP) is 3.86. The lowest BCUT2D eigenvalue weighted by atomic mass is 9.81. The van der Waals surface area contributed by atoms with E-state index in [1.54, 1.807) is 0 Å². The molecule has 2 N–H and O–H groups in total. The van der Waals surface area contributed by atoms with Crippen molar-refractivity contribution in [1.82, 2.24) is 9.88 Å². The average molecular weight is 526 g/mol. The van der Waals surface area contributed by atoms with Crippen LogP contribution < -0.4 is 15.5 Å². The average Bonchev–Trinajstić information content (AvgIpc) is 3.28. The molecule has 1 fully saturated rings. The van der Waals surface area contributed by atoms with Crippen LogP contribution in [0.1, 0.15) is 42.7 Å². The summed E-state index contributed by atoms with van der Waals surface area (Å²) in [4.78, 5) is 51.6. The lowest BCUT2D eigenvalue weighted by molar-refractivity contribution is -0.126. The fourth-order valence-corrected chi connectivity index (χ4v) is 7.34. The van der Waals surface area contributed by atoms with Crippen LogP contribution in [0.2, 0.25) is 0 Å². The van der Waals surface area contributed by atoms with Gasteiger partial charge >= 0.3 is 4.87 Å². The first-order valence-corrected chi connectivity index (χ1v) is 13.1. The molecule has 36 heavy (non-hydrogen) atoms. The summed E-state index contributed by atoms with van der Waals surface area (Å²) in [6, 6.07) is 13.3. The minimum atomic E-state index is -0.697. The third-order valence-electron chi connectivity index (χ3n) is 6.45. The lowest BCUT2D eigenvalue weighted by Gasteiger charge is -2.31. The van der Waals surface area contributed by atoms with Crippen LogP contribution in [-0.4, -0.2) is 27.5 Å². The molecule has 3 atom stereocenters. The van der Waals surface area contributed by atoms with Crippen molar-refractivity contribution < 1.29 is 18.8 Å². The SMILES string of the molecule is CC(C)(C)c1ccc([C@@H]2c3sc(=O)n(CC(=O)Nc4ccc(F)cc4)c3S[C@@H]3C(=O)NC(=O)[C@H]23)cc1. The molecule has 0 aliphatic carbocycles. The van der Waals surface area contributed by atoms with Crippen molar-refractivity contribution in [3.8, 4) is 0 Å². The number of nitrogens with one attached hydrogen (secondary N) is 2. The van der Waals surface area contributed by atoms with E-state index in [2.05, 4.69) is 31.4 Å². The van der Waals surface area contributed by atoms with Crippen LogP contribution in [0.4, 0.5) is 10.1 Å². The summed E-state index contributed by atoms with van der Waals surface area (Å²) in [5, 5.41) is 4.93. The van der Waals surface area contributed by atoms with Crippen LogP contribution in [0.25, 0.3) is 0 Å². The Kier molecular flexibility index (Phi) is 6.12. The molecule has 10 heteroatoms. The fourth-order valence-electron chi connectivity index (χ4n) is 4.60. The van der Waals surface area contributed by atoms with Crippen LogP contribution in [0, 0.1) is 11.7 Å². The molecule has 3 aromatic rings. The van der Waals surface area contributed by atoms with E-state index in [1.165, 1.54) is 28.8 Å². The van der Waals surface area contributed by atoms with Crippen molar-refractivity contribution in [2.75, 3.05) is 5.32 Å². The zero-order chi connectivity index (χ0) is 25.8. The third kappa shape index (κ3) is 4.39. The first-order valence-electron chi connectivity index (χ1n) is 11.4. The zero-order valence-corrected chi connectivity index (χ0v) is 21.5. The Bertz CT molecular complexity index is 1420. The van der Waals surface area contributed by atoms with Gasteiger partial charge in [0.25, 0.3) is 0 Å². The molecule has 1 aromatic heterocycles. The maximum absolute atomic E-state index is 13.2. The summed E-state index contributed by atoms with van der Waals surface area (Å²) in [6.45, 7) is 6.07. The molecule has 3 heterocycles. The van der Waals surface area contributed by atoms with Crippen molar-refractivity contribution in [1.29, 1.82) is 0 Å². The number of amides is 3.